The molecule has 0 spiro atoms. The second-order valence-corrected chi connectivity index (χ2v) is 7.17. The fraction of sp³-hybridized carbons (Fsp3) is 0.167. The summed E-state index contributed by atoms with van der Waals surface area (Å²) < 4.78 is 45.3. The Balaban J connectivity index is 3.09. The van der Waals surface area contributed by atoms with E-state index in [1.807, 2.05) is 0 Å². The summed E-state index contributed by atoms with van der Waals surface area (Å²) in [6.07, 6.45) is 0. The Morgan fingerprint density at radius 1 is 1.27 bits per heavy atom. The molecule has 0 bridgehead atoms. The van der Waals surface area contributed by atoms with Crippen LogP contribution >= 0.6 is 11.8 Å². The maximum atomic E-state index is 11.2. The number of hydrogen-bond donors (Lipinski definition) is 0. The standard InChI is InChI=1S/C6H8N2O4S3/c1-3-14(9,10)6-7-8(5-13-6)15(11,12)4-2/h3-4H,1-2,5H2. The van der Waals surface area contributed by atoms with E-state index in [-0.39, 0.29) is 10.3 Å². The number of thioether (sulfide) groups is 1. The first-order chi connectivity index (χ1) is 6.83. The Bertz CT molecular complexity index is 517. The summed E-state index contributed by atoms with van der Waals surface area (Å²) in [5, 5.41) is 4.90. The molecule has 0 aliphatic carbocycles. The summed E-state index contributed by atoms with van der Waals surface area (Å²) in [6.45, 7) is 6.22. The highest BCUT2D eigenvalue weighted by atomic mass is 32.3. The fourth-order valence-corrected chi connectivity index (χ4v) is 3.71. The van der Waals surface area contributed by atoms with Crippen molar-refractivity contribution in [3.05, 3.63) is 24.0 Å². The van der Waals surface area contributed by atoms with Gasteiger partial charge < -0.3 is 0 Å². The van der Waals surface area contributed by atoms with E-state index < -0.39 is 19.9 Å². The van der Waals surface area contributed by atoms with E-state index in [1.54, 1.807) is 0 Å². The smallest absolute Gasteiger partial charge is 0.217 e. The van der Waals surface area contributed by atoms with Crippen LogP contribution in [0.1, 0.15) is 0 Å². The third-order valence-corrected chi connectivity index (χ3v) is 5.60. The van der Waals surface area contributed by atoms with Gasteiger partial charge in [0.25, 0.3) is 10.0 Å². The molecule has 0 N–H and O–H groups in total. The van der Waals surface area contributed by atoms with E-state index in [9.17, 15) is 16.8 Å². The molecule has 0 unspecified atom stereocenters. The first-order valence-corrected chi connectivity index (χ1v) is 7.61. The third-order valence-electron chi connectivity index (χ3n) is 1.46. The Hall–Kier alpha value is -0.800. The molecular weight excluding hydrogens is 260 g/mol. The molecule has 0 aromatic rings. The molecule has 0 aromatic carbocycles. The molecule has 1 aliphatic heterocycles. The summed E-state index contributed by atoms with van der Waals surface area (Å²) in [5.74, 6) is -0.0727. The highest BCUT2D eigenvalue weighted by molar-refractivity contribution is 8.36. The zero-order chi connectivity index (χ0) is 11.7. The average Bonchev–Trinajstić information content (AvgIpc) is 2.67. The van der Waals surface area contributed by atoms with Crippen LogP contribution in [0.2, 0.25) is 0 Å². The van der Waals surface area contributed by atoms with E-state index in [1.165, 1.54) is 0 Å². The number of sulfone groups is 1. The lowest BCUT2D eigenvalue weighted by atomic mass is 11.3. The molecule has 15 heavy (non-hydrogen) atoms. The lowest BCUT2D eigenvalue weighted by Crippen LogP contribution is -2.20. The zero-order valence-electron chi connectivity index (χ0n) is 7.53. The molecule has 1 aliphatic rings. The molecule has 0 fully saturated rings. The largest absolute Gasteiger partial charge is 0.272 e. The molecule has 1 rings (SSSR count). The minimum atomic E-state index is -3.71. The molecule has 9 heteroatoms. The van der Waals surface area contributed by atoms with Crippen LogP contribution < -0.4 is 0 Å². The first kappa shape index (κ1) is 12.3. The van der Waals surface area contributed by atoms with Gasteiger partial charge in [-0.15, -0.1) is 5.10 Å². The second kappa shape index (κ2) is 3.99. The lowest BCUT2D eigenvalue weighted by molar-refractivity contribution is 0.495. The van der Waals surface area contributed by atoms with E-state index in [4.69, 9.17) is 0 Å². The Kier molecular flexibility index (Phi) is 3.26. The van der Waals surface area contributed by atoms with Crippen LogP contribution in [0.15, 0.2) is 29.1 Å². The molecule has 1 heterocycles. The van der Waals surface area contributed by atoms with Gasteiger partial charge in [-0.2, -0.15) is 4.41 Å². The summed E-state index contributed by atoms with van der Waals surface area (Å²) in [4.78, 5) is 0. The van der Waals surface area contributed by atoms with Crippen LogP contribution in [0.4, 0.5) is 0 Å². The van der Waals surface area contributed by atoms with Gasteiger partial charge in [-0.25, -0.2) is 16.8 Å². The topological polar surface area (TPSA) is 83.9 Å². The summed E-state index contributed by atoms with van der Waals surface area (Å²) in [6, 6.07) is 0. The maximum Gasteiger partial charge on any atom is 0.272 e. The number of sulfonamides is 1. The number of nitrogens with zero attached hydrogens (tertiary/aromatic N) is 2. The molecular formula is C6H8N2O4S3. The lowest BCUT2D eigenvalue weighted by Gasteiger charge is -2.07. The number of rotatable bonds is 3. The molecule has 0 aromatic heterocycles. The van der Waals surface area contributed by atoms with Crippen LogP contribution in [0.3, 0.4) is 0 Å². The minimum absolute atomic E-state index is 0.0727. The molecule has 0 radical (unpaired) electrons. The summed E-state index contributed by atoms with van der Waals surface area (Å²) in [7, 11) is -7.37. The monoisotopic (exact) mass is 268 g/mol. The van der Waals surface area contributed by atoms with Gasteiger partial charge >= 0.3 is 0 Å². The van der Waals surface area contributed by atoms with Crippen LogP contribution in [0.5, 0.6) is 0 Å². The van der Waals surface area contributed by atoms with Gasteiger partial charge in [0.05, 0.1) is 0 Å². The van der Waals surface area contributed by atoms with Gasteiger partial charge in [-0.05, 0) is 0 Å². The van der Waals surface area contributed by atoms with Gasteiger partial charge in [0.2, 0.25) is 14.2 Å². The highest BCUT2D eigenvalue weighted by Gasteiger charge is 2.29. The molecule has 84 valence electrons. The molecule has 0 saturated heterocycles. The molecule has 0 atom stereocenters. The van der Waals surface area contributed by atoms with Crippen LogP contribution in [-0.4, -0.2) is 31.5 Å². The Morgan fingerprint density at radius 3 is 2.33 bits per heavy atom. The number of hydrogen-bond acceptors (Lipinski definition) is 6. The van der Waals surface area contributed by atoms with Crippen molar-refractivity contribution in [2.75, 3.05) is 5.88 Å². The normalized spacial score (nSPS) is 17.3. The van der Waals surface area contributed by atoms with Crippen molar-refractivity contribution in [2.45, 2.75) is 0 Å². The van der Waals surface area contributed by atoms with Gasteiger partial charge in [0, 0.05) is 10.8 Å². The predicted molar refractivity (Wildman–Crippen MR) is 60.0 cm³/mol. The van der Waals surface area contributed by atoms with Crippen molar-refractivity contribution >= 4 is 36.0 Å². The Morgan fingerprint density at radius 2 is 1.87 bits per heavy atom. The Labute approximate surface area is 92.3 Å². The van der Waals surface area contributed by atoms with E-state index in [2.05, 4.69) is 18.3 Å². The van der Waals surface area contributed by atoms with Crippen molar-refractivity contribution in [1.29, 1.82) is 0 Å². The van der Waals surface area contributed by atoms with Crippen molar-refractivity contribution in [3.8, 4) is 0 Å². The quantitative estimate of drug-likeness (QED) is 0.735. The van der Waals surface area contributed by atoms with Crippen LogP contribution in [-0.2, 0) is 19.9 Å². The van der Waals surface area contributed by atoms with Gasteiger partial charge in [0.1, 0.15) is 5.88 Å². The molecule has 6 nitrogen and oxygen atoms in total. The van der Waals surface area contributed by atoms with Gasteiger partial charge in [-0.1, -0.05) is 24.9 Å². The van der Waals surface area contributed by atoms with Crippen LogP contribution in [0.25, 0.3) is 0 Å². The second-order valence-electron chi connectivity index (χ2n) is 2.38. The minimum Gasteiger partial charge on any atom is -0.217 e. The van der Waals surface area contributed by atoms with Crippen molar-refractivity contribution < 1.29 is 16.8 Å². The van der Waals surface area contributed by atoms with Crippen molar-refractivity contribution in [1.82, 2.24) is 4.41 Å². The maximum absolute atomic E-state index is 11.2. The van der Waals surface area contributed by atoms with E-state index >= 15 is 0 Å². The average molecular weight is 268 g/mol. The fourth-order valence-electron chi connectivity index (χ4n) is 0.686. The van der Waals surface area contributed by atoms with Crippen molar-refractivity contribution in [3.63, 3.8) is 0 Å². The number of hydrazone groups is 1. The van der Waals surface area contributed by atoms with E-state index in [0.717, 1.165) is 17.2 Å². The van der Waals surface area contributed by atoms with Crippen molar-refractivity contribution in [2.24, 2.45) is 5.10 Å². The predicted octanol–water partition coefficient (Wildman–Crippen LogP) is 0.295. The van der Waals surface area contributed by atoms with E-state index in [0.29, 0.717) is 9.82 Å². The summed E-state index contributed by atoms with van der Waals surface area (Å²) in [5.41, 5.74) is 0. The van der Waals surface area contributed by atoms with Gasteiger partial charge in [0.15, 0.2) is 0 Å². The third kappa shape index (κ3) is 2.41. The first-order valence-electron chi connectivity index (χ1n) is 3.57. The van der Waals surface area contributed by atoms with Crippen LogP contribution in [0, 0.1) is 0 Å². The SMILES string of the molecule is C=CS(=O)(=O)C1=NN(S(=O)(=O)C=C)CS1. The molecule has 0 amide bonds. The highest BCUT2D eigenvalue weighted by Crippen LogP contribution is 2.24. The van der Waals surface area contributed by atoms with Gasteiger partial charge in [-0.3, -0.25) is 0 Å². The summed E-state index contributed by atoms with van der Waals surface area (Å²) >= 11 is 0.814. The molecule has 0 saturated carbocycles. The zero-order valence-corrected chi connectivity index (χ0v) is 9.98.